The quantitative estimate of drug-likeness (QED) is 0.750. The number of rotatable bonds is 1. The third-order valence-corrected chi connectivity index (χ3v) is 2.08. The normalized spacial score (nSPS) is 10.3. The van der Waals surface area contributed by atoms with Crippen LogP contribution in [0.25, 0.3) is 17.1 Å². The molecule has 0 amide bonds. The lowest BCUT2D eigenvalue weighted by atomic mass is 10.2. The van der Waals surface area contributed by atoms with Crippen molar-refractivity contribution in [3.8, 4) is 0 Å². The van der Waals surface area contributed by atoms with E-state index in [2.05, 4.69) is 12.1 Å². The van der Waals surface area contributed by atoms with Gasteiger partial charge in [0.25, 0.3) is 0 Å². The van der Waals surface area contributed by atoms with Crippen LogP contribution in [0.2, 0.25) is 0 Å². The second-order valence-electron chi connectivity index (χ2n) is 2.98. The summed E-state index contributed by atoms with van der Waals surface area (Å²) in [7, 11) is 0. The van der Waals surface area contributed by atoms with Crippen molar-refractivity contribution in [3.05, 3.63) is 36.4 Å². The Morgan fingerprint density at radius 1 is 1.20 bits per heavy atom. The third-order valence-electron chi connectivity index (χ3n) is 2.08. The lowest BCUT2D eigenvalue weighted by Gasteiger charge is -1.98. The molecule has 0 aliphatic carbocycles. The maximum Gasteiger partial charge on any atom is 0.108 e. The van der Waals surface area contributed by atoms with Gasteiger partial charge in [0.2, 0.25) is 0 Å². The van der Waals surface area contributed by atoms with Crippen molar-refractivity contribution in [2.75, 3.05) is 5.73 Å². The van der Waals surface area contributed by atoms with Crippen LogP contribution in [-0.4, -0.2) is 4.57 Å². The Morgan fingerprint density at radius 3 is 2.53 bits per heavy atom. The lowest BCUT2D eigenvalue weighted by Crippen LogP contribution is -1.93. The fourth-order valence-corrected chi connectivity index (χ4v) is 1.51. The number of hydrogen-bond donors (Lipinski definition) is 1. The van der Waals surface area contributed by atoms with Crippen molar-refractivity contribution in [2.24, 2.45) is 0 Å². The monoisotopic (exact) mass is 202 g/mol. The van der Waals surface area contributed by atoms with Crippen LogP contribution in [0.3, 0.4) is 0 Å². The zero-order valence-electron chi connectivity index (χ0n) is 9.57. The van der Waals surface area contributed by atoms with E-state index in [1.165, 1.54) is 5.39 Å². The van der Waals surface area contributed by atoms with E-state index >= 15 is 0 Å². The Kier molecular flexibility index (Phi) is 3.98. The van der Waals surface area contributed by atoms with Crippen molar-refractivity contribution in [1.29, 1.82) is 0 Å². The van der Waals surface area contributed by atoms with E-state index in [4.69, 9.17) is 5.73 Å². The number of allylic oxidation sites excluding steroid dienone is 1. The molecular formula is C13H18N2. The zero-order chi connectivity index (χ0) is 11.3. The maximum absolute atomic E-state index is 5.85. The first kappa shape index (κ1) is 11.4. The molecule has 2 N–H and O–H groups in total. The minimum atomic E-state index is 0.777. The van der Waals surface area contributed by atoms with Crippen LogP contribution < -0.4 is 5.73 Å². The molecule has 2 rings (SSSR count). The van der Waals surface area contributed by atoms with Gasteiger partial charge in [-0.2, -0.15) is 0 Å². The number of aromatic nitrogens is 1. The van der Waals surface area contributed by atoms with E-state index in [0.29, 0.717) is 0 Å². The molecule has 15 heavy (non-hydrogen) atoms. The minimum absolute atomic E-state index is 0.777. The molecule has 80 valence electrons. The highest BCUT2D eigenvalue weighted by Gasteiger charge is 2.01. The Balaban J connectivity index is 0.000000531. The van der Waals surface area contributed by atoms with Gasteiger partial charge < -0.3 is 10.3 Å². The van der Waals surface area contributed by atoms with E-state index in [0.717, 1.165) is 11.3 Å². The van der Waals surface area contributed by atoms with E-state index < -0.39 is 0 Å². The van der Waals surface area contributed by atoms with Gasteiger partial charge >= 0.3 is 0 Å². The first-order valence-corrected chi connectivity index (χ1v) is 5.31. The summed E-state index contributed by atoms with van der Waals surface area (Å²) >= 11 is 0. The number of fused-ring (bicyclic) bond motifs is 1. The largest absolute Gasteiger partial charge is 0.385 e. The van der Waals surface area contributed by atoms with Crippen LogP contribution in [0.1, 0.15) is 20.8 Å². The standard InChI is InChI=1S/C11H12N2.C2H6/c1-2-7-13-10-6-4-3-5-9(10)8-11(13)12;1-2/h2-8H,12H2,1H3;1-2H3/b7-2-;. The van der Waals surface area contributed by atoms with Gasteiger partial charge in [-0.15, -0.1) is 0 Å². The van der Waals surface area contributed by atoms with Gasteiger partial charge in [0, 0.05) is 11.6 Å². The van der Waals surface area contributed by atoms with Gasteiger partial charge in [0.1, 0.15) is 5.82 Å². The summed E-state index contributed by atoms with van der Waals surface area (Å²) in [6.07, 6.45) is 3.94. The molecule has 1 aromatic carbocycles. The van der Waals surface area contributed by atoms with E-state index in [9.17, 15) is 0 Å². The first-order valence-electron chi connectivity index (χ1n) is 5.31. The molecule has 1 aromatic heterocycles. The summed E-state index contributed by atoms with van der Waals surface area (Å²) in [4.78, 5) is 0. The SMILES string of the molecule is C/C=C\n1c(N)cc2ccccc21.CC. The van der Waals surface area contributed by atoms with E-state index in [1.807, 2.05) is 55.8 Å². The fraction of sp³-hybridized carbons (Fsp3) is 0.231. The number of anilines is 1. The third kappa shape index (κ3) is 2.21. The smallest absolute Gasteiger partial charge is 0.108 e. The van der Waals surface area contributed by atoms with Crippen LogP contribution in [0.15, 0.2) is 36.4 Å². The van der Waals surface area contributed by atoms with Crippen LogP contribution in [0, 0.1) is 0 Å². The number of nitrogens with zero attached hydrogens (tertiary/aromatic N) is 1. The molecule has 0 saturated carbocycles. The molecule has 0 radical (unpaired) electrons. The highest BCUT2D eigenvalue weighted by Crippen LogP contribution is 2.21. The first-order chi connectivity index (χ1) is 7.33. The van der Waals surface area contributed by atoms with Crippen LogP contribution in [-0.2, 0) is 0 Å². The average molecular weight is 202 g/mol. The Bertz CT molecular complexity index is 453. The van der Waals surface area contributed by atoms with Crippen molar-refractivity contribution in [3.63, 3.8) is 0 Å². The second-order valence-corrected chi connectivity index (χ2v) is 2.98. The summed E-state index contributed by atoms with van der Waals surface area (Å²) in [6, 6.07) is 10.1. The van der Waals surface area contributed by atoms with E-state index in [-0.39, 0.29) is 0 Å². The van der Waals surface area contributed by atoms with Crippen LogP contribution >= 0.6 is 0 Å². The summed E-state index contributed by atoms with van der Waals surface area (Å²) in [5, 5.41) is 1.18. The predicted octanol–water partition coefficient (Wildman–Crippen LogP) is 3.74. The Hall–Kier alpha value is -1.70. The Morgan fingerprint density at radius 2 is 1.87 bits per heavy atom. The number of para-hydroxylation sites is 1. The topological polar surface area (TPSA) is 30.9 Å². The van der Waals surface area contributed by atoms with Gasteiger partial charge in [-0.05, 0) is 19.1 Å². The van der Waals surface area contributed by atoms with Gasteiger partial charge in [0.05, 0.1) is 5.52 Å². The molecule has 2 heteroatoms. The molecule has 2 nitrogen and oxygen atoms in total. The van der Waals surface area contributed by atoms with Gasteiger partial charge in [-0.1, -0.05) is 38.1 Å². The number of nitrogens with two attached hydrogens (primary N) is 1. The van der Waals surface area contributed by atoms with Gasteiger partial charge in [-0.3, -0.25) is 0 Å². The molecular weight excluding hydrogens is 184 g/mol. The summed E-state index contributed by atoms with van der Waals surface area (Å²) in [6.45, 7) is 5.98. The highest BCUT2D eigenvalue weighted by atomic mass is 15.0. The van der Waals surface area contributed by atoms with Crippen LogP contribution in [0.4, 0.5) is 5.82 Å². The molecule has 0 unspecified atom stereocenters. The maximum atomic E-state index is 5.85. The van der Waals surface area contributed by atoms with Crippen LogP contribution in [0.5, 0.6) is 0 Å². The lowest BCUT2D eigenvalue weighted by molar-refractivity contribution is 1.23. The average Bonchev–Trinajstić information content (AvgIpc) is 2.59. The Labute approximate surface area is 91.0 Å². The second kappa shape index (κ2) is 5.25. The molecule has 0 saturated heterocycles. The molecule has 0 fully saturated rings. The zero-order valence-corrected chi connectivity index (χ0v) is 9.57. The summed E-state index contributed by atoms with van der Waals surface area (Å²) < 4.78 is 1.98. The van der Waals surface area contributed by atoms with Crippen molar-refractivity contribution >= 4 is 22.9 Å². The van der Waals surface area contributed by atoms with E-state index in [1.54, 1.807) is 0 Å². The number of hydrogen-bond acceptors (Lipinski definition) is 1. The molecule has 0 spiro atoms. The number of nitrogen functional groups attached to an aromatic ring is 1. The van der Waals surface area contributed by atoms with Crippen molar-refractivity contribution in [2.45, 2.75) is 20.8 Å². The minimum Gasteiger partial charge on any atom is -0.385 e. The summed E-state index contributed by atoms with van der Waals surface area (Å²) in [5.74, 6) is 0.777. The van der Waals surface area contributed by atoms with Gasteiger partial charge in [0.15, 0.2) is 0 Å². The molecule has 2 aromatic rings. The molecule has 0 aliphatic heterocycles. The summed E-state index contributed by atoms with van der Waals surface area (Å²) in [5.41, 5.74) is 7.00. The molecule has 0 atom stereocenters. The van der Waals surface area contributed by atoms with Gasteiger partial charge in [-0.25, -0.2) is 0 Å². The highest BCUT2D eigenvalue weighted by molar-refractivity contribution is 5.86. The molecule has 0 bridgehead atoms. The molecule has 1 heterocycles. The fourth-order valence-electron chi connectivity index (χ4n) is 1.51. The van der Waals surface area contributed by atoms with Crippen molar-refractivity contribution in [1.82, 2.24) is 4.57 Å². The predicted molar refractivity (Wildman–Crippen MR) is 68.7 cm³/mol. The number of benzene rings is 1. The van der Waals surface area contributed by atoms with Crippen molar-refractivity contribution < 1.29 is 0 Å². The molecule has 0 aliphatic rings.